The number of halogens is 1. The summed E-state index contributed by atoms with van der Waals surface area (Å²) in [5.74, 6) is -0.309. The molecule has 4 heteroatoms. The van der Waals surface area contributed by atoms with Gasteiger partial charge < -0.3 is 17.1 Å². The third kappa shape index (κ3) is 4.93. The van der Waals surface area contributed by atoms with Gasteiger partial charge in [-0.25, -0.2) is 4.79 Å². The molecule has 2 aromatic carbocycles. The standard InChI is InChI=1S/C20H18NO2.ClH/c22-20(23-16-18-10-5-2-6-11-18)19-12-7-13-21(15-19)14-17-8-3-1-4-9-17;/h1-13,15H,14,16H2;1H/q+1;/p-1. The van der Waals surface area contributed by atoms with Crippen molar-refractivity contribution in [2.75, 3.05) is 0 Å². The van der Waals surface area contributed by atoms with Crippen molar-refractivity contribution in [1.82, 2.24) is 0 Å². The fraction of sp³-hybridized carbons (Fsp3) is 0.100. The van der Waals surface area contributed by atoms with E-state index in [0.29, 0.717) is 5.56 Å². The van der Waals surface area contributed by atoms with E-state index in [-0.39, 0.29) is 25.0 Å². The van der Waals surface area contributed by atoms with E-state index in [1.54, 1.807) is 6.07 Å². The van der Waals surface area contributed by atoms with Gasteiger partial charge in [-0.3, -0.25) is 0 Å². The van der Waals surface area contributed by atoms with Gasteiger partial charge >= 0.3 is 5.97 Å². The predicted molar refractivity (Wildman–Crippen MR) is 87.7 cm³/mol. The molecule has 1 heterocycles. The first-order valence-electron chi connectivity index (χ1n) is 7.55. The van der Waals surface area contributed by atoms with Crippen LogP contribution in [-0.4, -0.2) is 5.97 Å². The summed E-state index contributed by atoms with van der Waals surface area (Å²) in [6.07, 6.45) is 3.77. The molecule has 0 amide bonds. The number of pyridine rings is 1. The molecule has 24 heavy (non-hydrogen) atoms. The average molecular weight is 340 g/mol. The summed E-state index contributed by atoms with van der Waals surface area (Å²) in [6.45, 7) is 1.01. The zero-order valence-corrected chi connectivity index (χ0v) is 13.9. The number of hydrogen-bond donors (Lipinski definition) is 0. The van der Waals surface area contributed by atoms with Gasteiger partial charge in [-0.1, -0.05) is 60.7 Å². The van der Waals surface area contributed by atoms with E-state index < -0.39 is 0 Å². The first-order chi connectivity index (χ1) is 11.3. The van der Waals surface area contributed by atoms with E-state index in [1.807, 2.05) is 71.6 Å². The smallest absolute Gasteiger partial charge is 0.344 e. The first kappa shape index (κ1) is 17.7. The molecular weight excluding hydrogens is 322 g/mol. The van der Waals surface area contributed by atoms with Crippen molar-refractivity contribution in [3.05, 3.63) is 102 Å². The van der Waals surface area contributed by atoms with E-state index in [9.17, 15) is 4.79 Å². The highest BCUT2D eigenvalue weighted by molar-refractivity contribution is 5.88. The summed E-state index contributed by atoms with van der Waals surface area (Å²) in [5, 5.41) is 0. The van der Waals surface area contributed by atoms with E-state index >= 15 is 0 Å². The van der Waals surface area contributed by atoms with Crippen LogP contribution in [0.25, 0.3) is 0 Å². The van der Waals surface area contributed by atoms with E-state index in [4.69, 9.17) is 4.74 Å². The molecule has 0 saturated heterocycles. The lowest BCUT2D eigenvalue weighted by atomic mass is 10.2. The molecule has 0 bridgehead atoms. The molecule has 0 saturated carbocycles. The van der Waals surface area contributed by atoms with Gasteiger partial charge in [-0.2, -0.15) is 4.57 Å². The number of hydrogen-bond acceptors (Lipinski definition) is 2. The Bertz CT molecular complexity index is 776. The summed E-state index contributed by atoms with van der Waals surface area (Å²) in [5.41, 5.74) is 2.72. The van der Waals surface area contributed by atoms with E-state index in [1.165, 1.54) is 5.56 Å². The maximum Gasteiger partial charge on any atom is 0.344 e. The van der Waals surface area contributed by atoms with Crippen molar-refractivity contribution < 1.29 is 26.5 Å². The summed E-state index contributed by atoms with van der Waals surface area (Å²) in [4.78, 5) is 12.2. The molecule has 122 valence electrons. The topological polar surface area (TPSA) is 30.2 Å². The van der Waals surface area contributed by atoms with Gasteiger partial charge in [-0.05, 0) is 11.6 Å². The molecule has 0 fully saturated rings. The van der Waals surface area contributed by atoms with E-state index in [2.05, 4.69) is 12.1 Å². The molecule has 1 aromatic heterocycles. The quantitative estimate of drug-likeness (QED) is 0.497. The number of ether oxygens (including phenoxy) is 1. The Labute approximate surface area is 147 Å². The highest BCUT2D eigenvalue weighted by atomic mass is 35.5. The van der Waals surface area contributed by atoms with Crippen LogP contribution < -0.4 is 17.0 Å². The first-order valence-corrected chi connectivity index (χ1v) is 7.55. The average Bonchev–Trinajstić information content (AvgIpc) is 2.62. The Morgan fingerprint density at radius 1 is 0.833 bits per heavy atom. The Morgan fingerprint density at radius 3 is 2.12 bits per heavy atom. The number of carbonyl (C=O) groups is 1. The molecule has 0 radical (unpaired) electrons. The monoisotopic (exact) mass is 339 g/mol. The van der Waals surface area contributed by atoms with Gasteiger partial charge in [-0.15, -0.1) is 0 Å². The summed E-state index contributed by atoms with van der Waals surface area (Å²) in [7, 11) is 0. The van der Waals surface area contributed by atoms with Gasteiger partial charge in [0.05, 0.1) is 0 Å². The largest absolute Gasteiger partial charge is 1.00 e. The van der Waals surface area contributed by atoms with Crippen LogP contribution in [-0.2, 0) is 17.9 Å². The second-order valence-corrected chi connectivity index (χ2v) is 5.31. The van der Waals surface area contributed by atoms with Crippen LogP contribution in [0, 0.1) is 0 Å². The van der Waals surface area contributed by atoms with Crippen LogP contribution in [0.3, 0.4) is 0 Å². The Hall–Kier alpha value is -2.65. The molecule has 3 rings (SSSR count). The molecule has 0 spiro atoms. The van der Waals surface area contributed by atoms with Crippen molar-refractivity contribution in [2.24, 2.45) is 0 Å². The van der Waals surface area contributed by atoms with Gasteiger partial charge in [0.1, 0.15) is 12.2 Å². The van der Waals surface area contributed by atoms with Crippen LogP contribution in [0.1, 0.15) is 21.5 Å². The minimum absolute atomic E-state index is 0. The SMILES string of the molecule is O=C(OCc1ccccc1)c1ccc[n+](Cc2ccccc2)c1.[Cl-]. The fourth-order valence-electron chi connectivity index (χ4n) is 2.34. The second-order valence-electron chi connectivity index (χ2n) is 5.31. The lowest BCUT2D eigenvalue weighted by Crippen LogP contribution is -3.00. The highest BCUT2D eigenvalue weighted by Gasteiger charge is 2.12. The summed E-state index contributed by atoms with van der Waals surface area (Å²) < 4.78 is 7.35. The third-order valence-electron chi connectivity index (χ3n) is 3.51. The molecule has 3 nitrogen and oxygen atoms in total. The summed E-state index contributed by atoms with van der Waals surface area (Å²) in [6, 6.07) is 23.4. The maximum atomic E-state index is 12.2. The van der Waals surface area contributed by atoms with Gasteiger partial charge in [0.25, 0.3) is 0 Å². The van der Waals surface area contributed by atoms with Crippen LogP contribution in [0.5, 0.6) is 0 Å². The third-order valence-corrected chi connectivity index (χ3v) is 3.51. The molecule has 0 atom stereocenters. The van der Waals surface area contributed by atoms with Crippen LogP contribution >= 0.6 is 0 Å². The maximum absolute atomic E-state index is 12.2. The number of carbonyl (C=O) groups excluding carboxylic acids is 1. The molecule has 0 N–H and O–H groups in total. The predicted octanol–water partition coefficient (Wildman–Crippen LogP) is 0.383. The number of nitrogens with zero attached hydrogens (tertiary/aromatic N) is 1. The van der Waals surface area contributed by atoms with E-state index in [0.717, 1.165) is 12.1 Å². The van der Waals surface area contributed by atoms with Gasteiger partial charge in [0.15, 0.2) is 18.9 Å². The van der Waals surface area contributed by atoms with Gasteiger partial charge in [0, 0.05) is 11.6 Å². The van der Waals surface area contributed by atoms with Crippen LogP contribution in [0.4, 0.5) is 0 Å². The zero-order chi connectivity index (χ0) is 15.9. The van der Waals surface area contributed by atoms with Crippen molar-refractivity contribution >= 4 is 5.97 Å². The highest BCUT2D eigenvalue weighted by Crippen LogP contribution is 2.05. The van der Waals surface area contributed by atoms with Crippen molar-refractivity contribution in [2.45, 2.75) is 13.2 Å². The lowest BCUT2D eigenvalue weighted by molar-refractivity contribution is -0.688. The number of rotatable bonds is 5. The fourth-order valence-corrected chi connectivity index (χ4v) is 2.34. The second kappa shape index (κ2) is 8.85. The van der Waals surface area contributed by atoms with Crippen molar-refractivity contribution in [3.8, 4) is 0 Å². The van der Waals surface area contributed by atoms with Crippen LogP contribution in [0.15, 0.2) is 85.2 Å². The lowest BCUT2D eigenvalue weighted by Gasteiger charge is -2.04. The van der Waals surface area contributed by atoms with Crippen LogP contribution in [0.2, 0.25) is 0 Å². The molecule has 0 aliphatic rings. The summed E-state index contributed by atoms with van der Waals surface area (Å²) >= 11 is 0. The zero-order valence-electron chi connectivity index (χ0n) is 13.1. The number of aromatic nitrogens is 1. The van der Waals surface area contributed by atoms with Gasteiger partial charge in [0.2, 0.25) is 0 Å². The molecule has 0 aliphatic carbocycles. The Kier molecular flexibility index (Phi) is 6.52. The molecule has 0 unspecified atom stereocenters. The van der Waals surface area contributed by atoms with Crippen molar-refractivity contribution in [1.29, 1.82) is 0 Å². The molecule has 3 aromatic rings. The number of benzene rings is 2. The minimum Gasteiger partial charge on any atom is -1.00 e. The molecule has 0 aliphatic heterocycles. The Balaban J connectivity index is 0.00000208. The Morgan fingerprint density at radius 2 is 1.46 bits per heavy atom. The number of esters is 1. The minimum atomic E-state index is -0.309. The normalized spacial score (nSPS) is 9.83. The van der Waals surface area contributed by atoms with Crippen molar-refractivity contribution in [3.63, 3.8) is 0 Å². The molecular formula is C20H18ClNO2.